The number of ether oxygens (including phenoxy) is 1. The van der Waals surface area contributed by atoms with Gasteiger partial charge >= 0.3 is 6.09 Å². The lowest BCUT2D eigenvalue weighted by atomic mass is 9.57. The molecule has 7 nitrogen and oxygen atoms in total. The molecular weight excluding hydrogens is 476 g/mol. The largest absolute Gasteiger partial charge is 0.507 e. The Morgan fingerprint density at radius 2 is 1.78 bits per heavy atom. The van der Waals surface area contributed by atoms with Crippen molar-refractivity contribution in [2.45, 2.75) is 72.3 Å². The molecule has 1 aromatic heterocycles. The van der Waals surface area contributed by atoms with Gasteiger partial charge in [-0.25, -0.2) is 14.7 Å². The van der Waals surface area contributed by atoms with Crippen molar-refractivity contribution in [1.82, 2.24) is 9.88 Å². The topological polar surface area (TPSA) is 81.1 Å². The number of aromatic nitrogens is 1. The number of carbonyl (C=O) groups excluding carboxylic acids is 1. The van der Waals surface area contributed by atoms with Crippen LogP contribution in [-0.2, 0) is 20.2 Å². The van der Waals surface area contributed by atoms with Gasteiger partial charge in [-0.1, -0.05) is 52.8 Å². The molecule has 0 saturated carbocycles. The number of likely N-dealkylation sites (tertiary alicyclic amines) is 1. The Hall–Kier alpha value is -2.68. The Balaban J connectivity index is 1.66. The Morgan fingerprint density at radius 3 is 2.33 bits per heavy atom. The number of phenols is 1. The van der Waals surface area contributed by atoms with E-state index in [0.717, 1.165) is 15.2 Å². The molecule has 1 amide bonds. The molecule has 0 aliphatic carbocycles. The minimum atomic E-state index is -1.28. The van der Waals surface area contributed by atoms with Gasteiger partial charge in [0.05, 0.1) is 15.8 Å². The van der Waals surface area contributed by atoms with Crippen LogP contribution in [0.4, 0.5) is 4.79 Å². The molecular formula is C28H34N2O5S. The lowest BCUT2D eigenvalue weighted by molar-refractivity contribution is -0.604. The summed E-state index contributed by atoms with van der Waals surface area (Å²) < 4.78 is 6.86. The fourth-order valence-electron chi connectivity index (χ4n) is 6.10. The van der Waals surface area contributed by atoms with Crippen molar-refractivity contribution >= 4 is 27.6 Å². The lowest BCUT2D eigenvalue weighted by Gasteiger charge is -2.63. The van der Waals surface area contributed by atoms with Crippen LogP contribution in [0.15, 0.2) is 42.5 Å². The van der Waals surface area contributed by atoms with E-state index < -0.39 is 33.9 Å². The summed E-state index contributed by atoms with van der Waals surface area (Å²) in [5, 5.41) is 11.9. The summed E-state index contributed by atoms with van der Waals surface area (Å²) in [7, 11) is 0. The second-order valence-electron chi connectivity index (χ2n) is 12.4. The highest BCUT2D eigenvalue weighted by molar-refractivity contribution is 7.21. The van der Waals surface area contributed by atoms with E-state index in [4.69, 9.17) is 19.5 Å². The van der Waals surface area contributed by atoms with Gasteiger partial charge in [-0.2, -0.15) is 4.89 Å². The van der Waals surface area contributed by atoms with Crippen LogP contribution in [0.1, 0.15) is 61.0 Å². The fraction of sp³-hybridized carbons (Fsp3) is 0.500. The van der Waals surface area contributed by atoms with Gasteiger partial charge in [-0.05, 0) is 45.0 Å². The molecule has 0 spiro atoms. The lowest BCUT2D eigenvalue weighted by Crippen LogP contribution is -2.75. The number of fused-ring (bicyclic) bond motifs is 2. The van der Waals surface area contributed by atoms with E-state index in [1.54, 1.807) is 11.0 Å². The summed E-state index contributed by atoms with van der Waals surface area (Å²) in [5.41, 5.74) is -1.63. The predicted octanol–water partition coefficient (Wildman–Crippen LogP) is 6.85. The maximum Gasteiger partial charge on any atom is 0.413 e. The number of rotatable bonds is 2. The summed E-state index contributed by atoms with van der Waals surface area (Å²) in [5.74, 6) is 0.0630. The molecule has 2 aliphatic rings. The first-order valence-electron chi connectivity index (χ1n) is 12.2. The molecule has 2 saturated heterocycles. The zero-order valence-electron chi connectivity index (χ0n) is 22.1. The van der Waals surface area contributed by atoms with Crippen molar-refractivity contribution in [2.24, 2.45) is 10.8 Å². The molecule has 2 fully saturated rings. The van der Waals surface area contributed by atoms with Gasteiger partial charge < -0.3 is 9.84 Å². The molecule has 2 aliphatic heterocycles. The van der Waals surface area contributed by atoms with Crippen LogP contribution >= 0.6 is 11.3 Å². The van der Waals surface area contributed by atoms with Crippen LogP contribution in [0.3, 0.4) is 0 Å². The molecule has 1 N–H and O–H groups in total. The summed E-state index contributed by atoms with van der Waals surface area (Å²) >= 11 is 1.52. The van der Waals surface area contributed by atoms with E-state index in [2.05, 4.69) is 34.6 Å². The molecule has 5 rings (SSSR count). The number of para-hydroxylation sites is 1. The number of amides is 1. The molecule has 3 aromatic rings. The maximum absolute atomic E-state index is 13.6. The van der Waals surface area contributed by atoms with Crippen LogP contribution < -0.4 is 0 Å². The number of hydrogen-bond donors (Lipinski definition) is 1. The van der Waals surface area contributed by atoms with E-state index in [-0.39, 0.29) is 5.75 Å². The quantitative estimate of drug-likeness (QED) is 0.380. The summed E-state index contributed by atoms with van der Waals surface area (Å²) in [6.07, 6.45) is -0.486. The number of carbonyl (C=O) groups is 1. The third-order valence-corrected chi connectivity index (χ3v) is 8.30. The first-order chi connectivity index (χ1) is 16.6. The SMILES string of the molecule is CC(C)(C)OC(=O)N1CC(C)(C)[C@]2(C(C)(C)C)OO[C@]12c1ccc(-c2nc3ccccc3s2)c(O)c1. The van der Waals surface area contributed by atoms with Crippen LogP contribution in [-0.4, -0.2) is 38.8 Å². The van der Waals surface area contributed by atoms with E-state index in [1.807, 2.05) is 57.2 Å². The molecule has 2 aromatic carbocycles. The average molecular weight is 511 g/mol. The average Bonchev–Trinajstić information content (AvgIpc) is 3.19. The summed E-state index contributed by atoms with van der Waals surface area (Å²) in [4.78, 5) is 31.9. The van der Waals surface area contributed by atoms with Gasteiger partial charge in [0.1, 0.15) is 16.4 Å². The summed E-state index contributed by atoms with van der Waals surface area (Å²) in [6, 6.07) is 13.3. The van der Waals surface area contributed by atoms with Crippen LogP contribution in [0, 0.1) is 10.8 Å². The molecule has 192 valence electrons. The van der Waals surface area contributed by atoms with Crippen molar-refractivity contribution < 1.29 is 24.4 Å². The number of benzene rings is 2. The second-order valence-corrected chi connectivity index (χ2v) is 13.4. The van der Waals surface area contributed by atoms with Crippen molar-refractivity contribution in [1.29, 1.82) is 0 Å². The maximum atomic E-state index is 13.6. The van der Waals surface area contributed by atoms with E-state index in [0.29, 0.717) is 17.7 Å². The van der Waals surface area contributed by atoms with Gasteiger partial charge in [0, 0.05) is 22.9 Å². The number of phenolic OH excluding ortho intramolecular Hbond substituents is 1. The van der Waals surface area contributed by atoms with Crippen molar-refractivity contribution in [3.05, 3.63) is 48.0 Å². The standard InChI is InChI=1S/C28H34N2O5S/c1-24(2,3)28-26(7,8)16-30(23(32)33-25(4,5)6)27(28,34-35-28)17-13-14-18(20(31)15-17)22-29-19-11-9-10-12-21(19)36-22/h9-15,31H,16H2,1-8H3/t27-,28-/m0/s1. The number of thiazole rings is 1. The van der Waals surface area contributed by atoms with Crippen LogP contribution in [0.5, 0.6) is 5.75 Å². The van der Waals surface area contributed by atoms with Crippen molar-refractivity contribution in [3.63, 3.8) is 0 Å². The first kappa shape index (κ1) is 25.0. The Kier molecular flexibility index (Phi) is 5.32. The van der Waals surface area contributed by atoms with Gasteiger partial charge in [-0.3, -0.25) is 4.90 Å². The normalized spacial score (nSPS) is 25.5. The molecule has 0 bridgehead atoms. The number of hydrogen-bond acceptors (Lipinski definition) is 7. The highest BCUT2D eigenvalue weighted by atomic mass is 32.1. The molecule has 0 unspecified atom stereocenters. The minimum absolute atomic E-state index is 0.0630. The van der Waals surface area contributed by atoms with Crippen molar-refractivity contribution in [2.75, 3.05) is 6.54 Å². The number of aromatic hydroxyl groups is 1. The fourth-order valence-corrected chi connectivity index (χ4v) is 7.10. The summed E-state index contributed by atoms with van der Waals surface area (Å²) in [6.45, 7) is 16.3. The third kappa shape index (κ3) is 3.31. The van der Waals surface area contributed by atoms with E-state index in [1.165, 1.54) is 11.3 Å². The van der Waals surface area contributed by atoms with E-state index >= 15 is 0 Å². The van der Waals surface area contributed by atoms with Crippen LogP contribution in [0.25, 0.3) is 20.8 Å². The van der Waals surface area contributed by atoms with Crippen molar-refractivity contribution in [3.8, 4) is 16.3 Å². The van der Waals surface area contributed by atoms with Gasteiger partial charge in [0.2, 0.25) is 5.72 Å². The number of nitrogens with zero attached hydrogens (tertiary/aromatic N) is 2. The molecule has 3 heterocycles. The van der Waals surface area contributed by atoms with Gasteiger partial charge in [0.25, 0.3) is 0 Å². The molecule has 8 heteroatoms. The zero-order valence-corrected chi connectivity index (χ0v) is 22.9. The van der Waals surface area contributed by atoms with Gasteiger partial charge in [-0.15, -0.1) is 11.3 Å². The molecule has 0 radical (unpaired) electrons. The Morgan fingerprint density at radius 1 is 1.08 bits per heavy atom. The Bertz CT molecular complexity index is 1320. The zero-order chi connectivity index (χ0) is 26.3. The highest BCUT2D eigenvalue weighted by Crippen LogP contribution is 2.70. The second kappa shape index (κ2) is 7.66. The van der Waals surface area contributed by atoms with E-state index in [9.17, 15) is 9.90 Å². The third-order valence-electron chi connectivity index (χ3n) is 7.23. The molecule has 36 heavy (non-hydrogen) atoms. The monoisotopic (exact) mass is 510 g/mol. The smallest absolute Gasteiger partial charge is 0.413 e. The van der Waals surface area contributed by atoms with Crippen LogP contribution in [0.2, 0.25) is 0 Å². The molecule has 2 atom stereocenters. The van der Waals surface area contributed by atoms with Gasteiger partial charge in [0.15, 0.2) is 5.60 Å². The highest BCUT2D eigenvalue weighted by Gasteiger charge is 2.84. The minimum Gasteiger partial charge on any atom is -0.507 e. The first-order valence-corrected chi connectivity index (χ1v) is 13.0. The predicted molar refractivity (Wildman–Crippen MR) is 139 cm³/mol. The Labute approximate surface area is 215 Å².